The first kappa shape index (κ1) is 10.6. The Balaban J connectivity index is 2.20. The molecule has 0 atom stereocenters. The Morgan fingerprint density at radius 1 is 1.27 bits per heavy atom. The maximum atomic E-state index is 4.60. The van der Waals surface area contributed by atoms with E-state index in [1.165, 1.54) is 12.8 Å². The summed E-state index contributed by atoms with van der Waals surface area (Å²) >= 11 is 0. The van der Waals surface area contributed by atoms with Crippen molar-refractivity contribution >= 4 is 0 Å². The highest BCUT2D eigenvalue weighted by Gasteiger charge is 2.19. The van der Waals surface area contributed by atoms with E-state index in [4.69, 9.17) is 0 Å². The lowest BCUT2D eigenvalue weighted by Crippen LogP contribution is -2.30. The second kappa shape index (κ2) is 4.75. The lowest BCUT2D eigenvalue weighted by molar-refractivity contribution is 0.333. The van der Waals surface area contributed by atoms with Crippen molar-refractivity contribution < 1.29 is 0 Å². The second-order valence-electron chi connectivity index (χ2n) is 4.08. The molecular formula is C11H20N4. The van der Waals surface area contributed by atoms with Crippen LogP contribution in [0.3, 0.4) is 0 Å². The molecule has 0 radical (unpaired) electrons. The number of nitrogens with one attached hydrogen (secondary N) is 1. The fraction of sp³-hybridized carbons (Fsp3) is 0.818. The highest BCUT2D eigenvalue weighted by Crippen LogP contribution is 2.19. The minimum atomic E-state index is 0.564. The summed E-state index contributed by atoms with van der Waals surface area (Å²) in [4.78, 5) is 4.55. The van der Waals surface area contributed by atoms with Crippen LogP contribution in [0.5, 0.6) is 0 Å². The maximum absolute atomic E-state index is 4.60. The lowest BCUT2D eigenvalue weighted by Gasteiger charge is -2.23. The van der Waals surface area contributed by atoms with E-state index in [1.807, 2.05) is 0 Å². The first-order valence-corrected chi connectivity index (χ1v) is 6.00. The van der Waals surface area contributed by atoms with Crippen LogP contribution in [0.25, 0.3) is 0 Å². The van der Waals surface area contributed by atoms with Gasteiger partial charge in [-0.25, -0.2) is 9.67 Å². The molecule has 1 aromatic rings. The van der Waals surface area contributed by atoms with Crippen molar-refractivity contribution in [1.82, 2.24) is 20.1 Å². The van der Waals surface area contributed by atoms with E-state index in [-0.39, 0.29) is 0 Å². The molecule has 0 amide bonds. The molecule has 0 aliphatic carbocycles. The molecule has 2 rings (SSSR count). The van der Waals surface area contributed by atoms with Gasteiger partial charge in [-0.05, 0) is 25.9 Å². The van der Waals surface area contributed by atoms with Crippen LogP contribution in [-0.4, -0.2) is 27.9 Å². The topological polar surface area (TPSA) is 42.7 Å². The van der Waals surface area contributed by atoms with E-state index < -0.39 is 0 Å². The third-order valence-electron chi connectivity index (χ3n) is 3.03. The largest absolute Gasteiger partial charge is 0.317 e. The van der Waals surface area contributed by atoms with Gasteiger partial charge in [-0.3, -0.25) is 0 Å². The van der Waals surface area contributed by atoms with Gasteiger partial charge in [0.2, 0.25) is 0 Å². The van der Waals surface area contributed by atoms with Crippen LogP contribution in [-0.2, 0) is 12.8 Å². The molecule has 0 aromatic carbocycles. The van der Waals surface area contributed by atoms with Crippen LogP contribution in [0.15, 0.2) is 0 Å². The van der Waals surface area contributed by atoms with Gasteiger partial charge in [0.1, 0.15) is 5.82 Å². The molecule has 1 aliphatic heterocycles. The third kappa shape index (κ3) is 2.20. The predicted molar refractivity (Wildman–Crippen MR) is 59.9 cm³/mol. The van der Waals surface area contributed by atoms with Gasteiger partial charge in [-0.2, -0.15) is 5.10 Å². The maximum Gasteiger partial charge on any atom is 0.150 e. The molecule has 1 aliphatic rings. The third-order valence-corrected chi connectivity index (χ3v) is 3.03. The summed E-state index contributed by atoms with van der Waals surface area (Å²) in [6.07, 6.45) is 4.28. The molecule has 1 aromatic heterocycles. The fourth-order valence-electron chi connectivity index (χ4n) is 2.14. The zero-order valence-corrected chi connectivity index (χ0v) is 9.66. The molecule has 0 spiro atoms. The molecular weight excluding hydrogens is 188 g/mol. The van der Waals surface area contributed by atoms with Crippen molar-refractivity contribution in [2.75, 3.05) is 13.1 Å². The lowest BCUT2D eigenvalue weighted by atomic mass is 10.1. The van der Waals surface area contributed by atoms with Gasteiger partial charge in [0.25, 0.3) is 0 Å². The standard InChI is InChI=1S/C11H20N4/c1-3-10-13-11(4-2)15(14-10)9-5-7-12-8-6-9/h9,12H,3-8H2,1-2H3. The van der Waals surface area contributed by atoms with E-state index in [1.54, 1.807) is 0 Å². The van der Waals surface area contributed by atoms with Crippen molar-refractivity contribution in [2.24, 2.45) is 0 Å². The van der Waals surface area contributed by atoms with E-state index in [0.717, 1.165) is 37.6 Å². The Morgan fingerprint density at radius 3 is 2.60 bits per heavy atom. The zero-order valence-electron chi connectivity index (χ0n) is 9.66. The summed E-state index contributed by atoms with van der Waals surface area (Å²) in [6.45, 7) is 6.48. The molecule has 0 saturated carbocycles. The van der Waals surface area contributed by atoms with Gasteiger partial charge in [-0.15, -0.1) is 0 Å². The quantitative estimate of drug-likeness (QED) is 0.815. The average Bonchev–Trinajstić information content (AvgIpc) is 2.73. The Labute approximate surface area is 91.1 Å². The summed E-state index contributed by atoms with van der Waals surface area (Å²) in [5.41, 5.74) is 0. The van der Waals surface area contributed by atoms with Crippen molar-refractivity contribution in [3.63, 3.8) is 0 Å². The van der Waals surface area contributed by atoms with E-state index in [2.05, 4.69) is 33.9 Å². The van der Waals surface area contributed by atoms with E-state index in [0.29, 0.717) is 6.04 Å². The number of hydrogen-bond donors (Lipinski definition) is 1. The number of hydrogen-bond acceptors (Lipinski definition) is 3. The Hall–Kier alpha value is -0.900. The van der Waals surface area contributed by atoms with Gasteiger partial charge in [0.05, 0.1) is 6.04 Å². The number of piperidine rings is 1. The first-order valence-electron chi connectivity index (χ1n) is 6.00. The smallest absolute Gasteiger partial charge is 0.150 e. The molecule has 15 heavy (non-hydrogen) atoms. The first-order chi connectivity index (χ1) is 7.35. The summed E-state index contributed by atoms with van der Waals surface area (Å²) in [7, 11) is 0. The normalized spacial score (nSPS) is 18.3. The van der Waals surface area contributed by atoms with Crippen LogP contribution < -0.4 is 5.32 Å². The predicted octanol–water partition coefficient (Wildman–Crippen LogP) is 1.33. The van der Waals surface area contributed by atoms with Crippen LogP contribution in [0, 0.1) is 0 Å². The Morgan fingerprint density at radius 2 is 2.00 bits per heavy atom. The summed E-state index contributed by atoms with van der Waals surface area (Å²) in [6, 6.07) is 0.564. The summed E-state index contributed by atoms with van der Waals surface area (Å²) in [5.74, 6) is 2.14. The van der Waals surface area contributed by atoms with Crippen molar-refractivity contribution in [1.29, 1.82) is 0 Å². The van der Waals surface area contributed by atoms with Crippen LogP contribution in [0.4, 0.5) is 0 Å². The van der Waals surface area contributed by atoms with Crippen LogP contribution in [0.2, 0.25) is 0 Å². The van der Waals surface area contributed by atoms with Gasteiger partial charge in [-0.1, -0.05) is 13.8 Å². The molecule has 84 valence electrons. The van der Waals surface area contributed by atoms with Gasteiger partial charge in [0.15, 0.2) is 5.82 Å². The van der Waals surface area contributed by atoms with Gasteiger partial charge >= 0.3 is 0 Å². The minimum absolute atomic E-state index is 0.564. The number of aromatic nitrogens is 3. The van der Waals surface area contributed by atoms with E-state index >= 15 is 0 Å². The van der Waals surface area contributed by atoms with Gasteiger partial charge < -0.3 is 5.32 Å². The number of rotatable bonds is 3. The molecule has 2 heterocycles. The SMILES string of the molecule is CCc1nc(CC)n(C2CCNCC2)n1. The molecule has 1 fully saturated rings. The monoisotopic (exact) mass is 208 g/mol. The van der Waals surface area contributed by atoms with Crippen LogP contribution >= 0.6 is 0 Å². The summed E-state index contributed by atoms with van der Waals surface area (Å²) < 4.78 is 2.17. The van der Waals surface area contributed by atoms with Crippen molar-refractivity contribution in [3.8, 4) is 0 Å². The number of aryl methyl sites for hydroxylation is 2. The molecule has 1 N–H and O–H groups in total. The average molecular weight is 208 g/mol. The molecule has 4 nitrogen and oxygen atoms in total. The molecule has 4 heteroatoms. The highest BCUT2D eigenvalue weighted by molar-refractivity contribution is 4.95. The highest BCUT2D eigenvalue weighted by atomic mass is 15.4. The molecule has 0 bridgehead atoms. The zero-order chi connectivity index (χ0) is 10.7. The van der Waals surface area contributed by atoms with Crippen molar-refractivity contribution in [3.05, 3.63) is 11.6 Å². The Bertz CT molecular complexity index is 312. The summed E-state index contributed by atoms with van der Waals surface area (Å²) in [5, 5.41) is 7.98. The number of nitrogens with zero attached hydrogens (tertiary/aromatic N) is 3. The van der Waals surface area contributed by atoms with Gasteiger partial charge in [0, 0.05) is 12.8 Å². The fourth-order valence-corrected chi connectivity index (χ4v) is 2.14. The minimum Gasteiger partial charge on any atom is -0.317 e. The second-order valence-corrected chi connectivity index (χ2v) is 4.08. The van der Waals surface area contributed by atoms with Crippen molar-refractivity contribution in [2.45, 2.75) is 45.6 Å². The molecule has 1 saturated heterocycles. The molecule has 0 unspecified atom stereocenters. The Kier molecular flexibility index (Phi) is 3.36. The van der Waals surface area contributed by atoms with E-state index in [9.17, 15) is 0 Å². The van der Waals surface area contributed by atoms with Crippen LogP contribution in [0.1, 0.15) is 44.4 Å².